The van der Waals surface area contributed by atoms with Crippen LogP contribution in [0.4, 0.5) is 5.69 Å². The van der Waals surface area contributed by atoms with Gasteiger partial charge in [0, 0.05) is 17.4 Å². The van der Waals surface area contributed by atoms with Gasteiger partial charge in [-0.2, -0.15) is 5.10 Å². The summed E-state index contributed by atoms with van der Waals surface area (Å²) in [5.74, 6) is -0.175. The topological polar surface area (TPSA) is 83.8 Å². The highest BCUT2D eigenvalue weighted by Crippen LogP contribution is 2.29. The van der Waals surface area contributed by atoms with Gasteiger partial charge in [-0.05, 0) is 42.5 Å². The first-order valence-electron chi connectivity index (χ1n) is 8.33. The predicted octanol–water partition coefficient (Wildman–Crippen LogP) is 3.28. The zero-order chi connectivity index (χ0) is 17.6. The highest BCUT2D eigenvalue weighted by molar-refractivity contribution is 5.98. The zero-order valence-electron chi connectivity index (χ0n) is 14.2. The summed E-state index contributed by atoms with van der Waals surface area (Å²) in [4.78, 5) is 12.5. The largest absolute Gasteiger partial charge is 0.324 e. The zero-order valence-corrected chi connectivity index (χ0v) is 14.2. The fourth-order valence-corrected chi connectivity index (χ4v) is 2.72. The molecule has 0 aliphatic heterocycles. The van der Waals surface area contributed by atoms with E-state index >= 15 is 0 Å². The van der Waals surface area contributed by atoms with Gasteiger partial charge in [-0.3, -0.25) is 9.89 Å². The number of carbonyl (C=O) groups is 1. The molecule has 0 fully saturated rings. The number of nitrogens with one attached hydrogen (secondary N) is 2. The molecule has 1 heterocycles. The first-order chi connectivity index (χ1) is 12.1. The Hall–Kier alpha value is -2.92. The van der Waals surface area contributed by atoms with Crippen LogP contribution in [-0.4, -0.2) is 22.1 Å². The molecular weight excluding hydrogens is 312 g/mol. The number of aromatic amines is 1. The maximum absolute atomic E-state index is 12.5. The van der Waals surface area contributed by atoms with E-state index < -0.39 is 6.04 Å². The smallest absolute Gasteiger partial charge is 0.241 e. The standard InChI is InChI=1S/C20H22N4O/c1-14-7-9-17(16-5-3-2-4-6-16)19(11-14)24-20(25)18(21)10-8-15-12-22-23-13-15/h2-7,9,11-13,18H,8,10,21H2,1H3,(H,22,23)(H,24,25). The average Bonchev–Trinajstić information content (AvgIpc) is 3.14. The number of rotatable bonds is 6. The van der Waals surface area contributed by atoms with E-state index in [1.807, 2.05) is 61.7 Å². The molecule has 3 aromatic rings. The molecule has 0 bridgehead atoms. The lowest BCUT2D eigenvalue weighted by Gasteiger charge is -2.16. The van der Waals surface area contributed by atoms with Crippen LogP contribution < -0.4 is 11.1 Å². The first kappa shape index (κ1) is 16.9. The molecule has 0 spiro atoms. The van der Waals surface area contributed by atoms with Crippen molar-refractivity contribution in [3.8, 4) is 11.1 Å². The highest BCUT2D eigenvalue weighted by atomic mass is 16.2. The Morgan fingerprint density at radius 1 is 1.24 bits per heavy atom. The highest BCUT2D eigenvalue weighted by Gasteiger charge is 2.16. The second kappa shape index (κ2) is 7.77. The van der Waals surface area contributed by atoms with E-state index in [1.54, 1.807) is 6.20 Å². The molecule has 1 atom stereocenters. The quantitative estimate of drug-likeness (QED) is 0.647. The van der Waals surface area contributed by atoms with Gasteiger partial charge in [0.2, 0.25) is 5.91 Å². The summed E-state index contributed by atoms with van der Waals surface area (Å²) in [6, 6.07) is 15.5. The number of benzene rings is 2. The summed E-state index contributed by atoms with van der Waals surface area (Å²) in [7, 11) is 0. The molecule has 128 valence electrons. The van der Waals surface area contributed by atoms with Gasteiger partial charge < -0.3 is 11.1 Å². The summed E-state index contributed by atoms with van der Waals surface area (Å²) in [6.07, 6.45) is 4.85. The molecule has 0 aliphatic carbocycles. The Bertz CT molecular complexity index is 828. The Morgan fingerprint density at radius 2 is 2.04 bits per heavy atom. The van der Waals surface area contributed by atoms with Crippen LogP contribution >= 0.6 is 0 Å². The molecule has 0 saturated heterocycles. The summed E-state index contributed by atoms with van der Waals surface area (Å²) < 4.78 is 0. The number of amides is 1. The Kier molecular flexibility index (Phi) is 5.26. The maximum Gasteiger partial charge on any atom is 0.241 e. The van der Waals surface area contributed by atoms with Crippen LogP contribution in [0, 0.1) is 6.92 Å². The van der Waals surface area contributed by atoms with Gasteiger partial charge in [-0.1, -0.05) is 42.5 Å². The van der Waals surface area contributed by atoms with Gasteiger partial charge in [-0.25, -0.2) is 0 Å². The van der Waals surface area contributed by atoms with Gasteiger partial charge in [-0.15, -0.1) is 0 Å². The van der Waals surface area contributed by atoms with E-state index in [9.17, 15) is 4.79 Å². The van der Waals surface area contributed by atoms with Crippen molar-refractivity contribution in [3.63, 3.8) is 0 Å². The van der Waals surface area contributed by atoms with E-state index in [2.05, 4.69) is 15.5 Å². The Labute approximate surface area is 147 Å². The summed E-state index contributed by atoms with van der Waals surface area (Å²) >= 11 is 0. The van der Waals surface area contributed by atoms with Crippen LogP contribution in [0.3, 0.4) is 0 Å². The third kappa shape index (κ3) is 4.33. The lowest BCUT2D eigenvalue weighted by molar-refractivity contribution is -0.117. The normalized spacial score (nSPS) is 11.9. The minimum Gasteiger partial charge on any atom is -0.324 e. The molecular formula is C20H22N4O. The Balaban J connectivity index is 1.73. The van der Waals surface area contributed by atoms with Crippen molar-refractivity contribution >= 4 is 11.6 Å². The number of hydrogen-bond acceptors (Lipinski definition) is 3. The number of carbonyl (C=O) groups excluding carboxylic acids is 1. The van der Waals surface area contributed by atoms with Crippen LogP contribution in [0.1, 0.15) is 17.5 Å². The number of hydrogen-bond donors (Lipinski definition) is 3. The van der Waals surface area contributed by atoms with Crippen molar-refractivity contribution in [3.05, 3.63) is 72.1 Å². The lowest BCUT2D eigenvalue weighted by atomic mass is 10.0. The fraction of sp³-hybridized carbons (Fsp3) is 0.200. The molecule has 1 unspecified atom stereocenters. The van der Waals surface area contributed by atoms with Crippen LogP contribution in [0.5, 0.6) is 0 Å². The molecule has 0 radical (unpaired) electrons. The molecule has 5 heteroatoms. The third-order valence-corrected chi connectivity index (χ3v) is 4.15. The second-order valence-electron chi connectivity index (χ2n) is 6.16. The molecule has 0 aliphatic rings. The second-order valence-corrected chi connectivity index (χ2v) is 6.16. The monoisotopic (exact) mass is 334 g/mol. The minimum atomic E-state index is -0.570. The molecule has 1 amide bonds. The van der Waals surface area contributed by atoms with Gasteiger partial charge in [0.15, 0.2) is 0 Å². The molecule has 5 nitrogen and oxygen atoms in total. The van der Waals surface area contributed by atoms with Crippen molar-refractivity contribution in [1.82, 2.24) is 10.2 Å². The van der Waals surface area contributed by atoms with E-state index in [1.165, 1.54) is 0 Å². The summed E-state index contributed by atoms with van der Waals surface area (Å²) in [6.45, 7) is 2.00. The lowest BCUT2D eigenvalue weighted by Crippen LogP contribution is -2.36. The van der Waals surface area contributed by atoms with Crippen molar-refractivity contribution in [2.45, 2.75) is 25.8 Å². The number of aromatic nitrogens is 2. The van der Waals surface area contributed by atoms with Crippen molar-refractivity contribution in [2.24, 2.45) is 5.73 Å². The molecule has 0 saturated carbocycles. The Morgan fingerprint density at radius 3 is 2.76 bits per heavy atom. The maximum atomic E-state index is 12.5. The van der Waals surface area contributed by atoms with Crippen LogP contribution in [0.2, 0.25) is 0 Å². The predicted molar refractivity (Wildman–Crippen MR) is 100 cm³/mol. The third-order valence-electron chi connectivity index (χ3n) is 4.15. The molecule has 4 N–H and O–H groups in total. The van der Waals surface area contributed by atoms with Crippen molar-refractivity contribution in [1.29, 1.82) is 0 Å². The average molecular weight is 334 g/mol. The van der Waals surface area contributed by atoms with E-state index in [-0.39, 0.29) is 5.91 Å². The molecule has 1 aromatic heterocycles. The molecule has 2 aromatic carbocycles. The number of H-pyrrole nitrogens is 1. The summed E-state index contributed by atoms with van der Waals surface area (Å²) in [5.41, 5.74) is 11.0. The van der Waals surface area contributed by atoms with Gasteiger partial charge >= 0.3 is 0 Å². The number of nitrogens with two attached hydrogens (primary N) is 1. The first-order valence-corrected chi connectivity index (χ1v) is 8.33. The number of aryl methyl sites for hydroxylation is 2. The SMILES string of the molecule is Cc1ccc(-c2ccccc2)c(NC(=O)C(N)CCc2cn[nH]c2)c1. The van der Waals surface area contributed by atoms with Crippen LogP contribution in [0.15, 0.2) is 60.9 Å². The number of anilines is 1. The summed E-state index contributed by atoms with van der Waals surface area (Å²) in [5, 5.41) is 9.66. The molecule has 25 heavy (non-hydrogen) atoms. The van der Waals surface area contributed by atoms with Gasteiger partial charge in [0.05, 0.1) is 12.2 Å². The van der Waals surface area contributed by atoms with E-state index in [0.29, 0.717) is 12.8 Å². The van der Waals surface area contributed by atoms with Crippen molar-refractivity contribution in [2.75, 3.05) is 5.32 Å². The molecule has 3 rings (SSSR count). The van der Waals surface area contributed by atoms with Crippen molar-refractivity contribution < 1.29 is 4.79 Å². The van der Waals surface area contributed by atoms with E-state index in [4.69, 9.17) is 5.73 Å². The fourth-order valence-electron chi connectivity index (χ4n) is 2.72. The van der Waals surface area contributed by atoms with Crippen LogP contribution in [0.25, 0.3) is 11.1 Å². The van der Waals surface area contributed by atoms with Gasteiger partial charge in [0.25, 0.3) is 0 Å². The number of nitrogens with zero attached hydrogens (tertiary/aromatic N) is 1. The van der Waals surface area contributed by atoms with E-state index in [0.717, 1.165) is 27.9 Å². The van der Waals surface area contributed by atoms with Gasteiger partial charge in [0.1, 0.15) is 0 Å². The minimum absolute atomic E-state index is 0.175. The van der Waals surface area contributed by atoms with Crippen LogP contribution in [-0.2, 0) is 11.2 Å².